The van der Waals surface area contributed by atoms with Crippen LogP contribution in [0.15, 0.2) is 71.4 Å². The highest BCUT2D eigenvalue weighted by Crippen LogP contribution is 2.27. The highest BCUT2D eigenvalue weighted by Gasteiger charge is 2.30. The average molecular weight is 335 g/mol. The third-order valence-corrected chi connectivity index (χ3v) is 3.73. The van der Waals surface area contributed by atoms with Crippen molar-refractivity contribution in [3.8, 4) is 11.5 Å². The molecule has 0 saturated carbocycles. The minimum atomic E-state index is -0.543. The van der Waals surface area contributed by atoms with Crippen molar-refractivity contribution in [1.29, 1.82) is 0 Å². The second-order valence-corrected chi connectivity index (χ2v) is 5.49. The van der Waals surface area contributed by atoms with Crippen molar-refractivity contribution in [2.75, 3.05) is 7.11 Å². The number of nitrogens with one attached hydrogen (secondary N) is 1. The van der Waals surface area contributed by atoms with E-state index in [4.69, 9.17) is 9.47 Å². The van der Waals surface area contributed by atoms with E-state index in [2.05, 4.69) is 5.32 Å². The number of hydrogen-bond acceptors (Lipinski definition) is 4. The Morgan fingerprint density at radius 2 is 1.76 bits per heavy atom. The molecule has 3 rings (SSSR count). The number of carbonyl (C=O) groups excluding carboxylic acids is 2. The fourth-order valence-corrected chi connectivity index (χ4v) is 2.58. The maximum Gasteiger partial charge on any atom is 0.340 e. The Bertz CT molecular complexity index is 882. The molecular weight excluding hydrogens is 318 g/mol. The van der Waals surface area contributed by atoms with Crippen molar-refractivity contribution in [2.45, 2.75) is 6.92 Å². The second kappa shape index (κ2) is 7.05. The zero-order chi connectivity index (χ0) is 17.8. The molecule has 2 aromatic carbocycles. The second-order valence-electron chi connectivity index (χ2n) is 5.49. The Labute approximate surface area is 145 Å². The van der Waals surface area contributed by atoms with E-state index in [1.54, 1.807) is 19.1 Å². The molecule has 0 fully saturated rings. The number of amides is 1. The Hall–Kier alpha value is -3.34. The summed E-state index contributed by atoms with van der Waals surface area (Å²) in [6.45, 7) is 1.67. The lowest BCUT2D eigenvalue weighted by Crippen LogP contribution is -2.15. The molecule has 0 radical (unpaired) electrons. The Kier molecular flexibility index (Phi) is 4.66. The molecule has 0 saturated heterocycles. The lowest BCUT2D eigenvalue weighted by atomic mass is 10.0. The predicted octanol–water partition coefficient (Wildman–Crippen LogP) is 3.44. The first kappa shape index (κ1) is 16.5. The quantitative estimate of drug-likeness (QED) is 0.687. The van der Waals surface area contributed by atoms with Gasteiger partial charge in [-0.3, -0.25) is 4.79 Å². The topological polar surface area (TPSA) is 64.6 Å². The summed E-state index contributed by atoms with van der Waals surface area (Å²) in [6, 6.07) is 16.7. The highest BCUT2D eigenvalue weighted by atomic mass is 16.5. The van der Waals surface area contributed by atoms with Crippen LogP contribution in [0.3, 0.4) is 0 Å². The molecule has 5 nitrogen and oxygen atoms in total. The number of methoxy groups -OCH3 is 1. The summed E-state index contributed by atoms with van der Waals surface area (Å²) in [7, 11) is 1.29. The number of esters is 1. The van der Waals surface area contributed by atoms with Crippen LogP contribution in [-0.4, -0.2) is 19.0 Å². The van der Waals surface area contributed by atoms with Gasteiger partial charge in [-0.05, 0) is 42.8 Å². The standard InChI is InChI=1S/C20H17NO4/c1-13-18(20(23)24-2)17(19(22)21-13)12-14-7-6-10-16(11-14)25-15-8-4-3-5-9-15/h3-12H,1-2H3,(H,21,22)/b17-12-. The third-order valence-electron chi connectivity index (χ3n) is 3.73. The van der Waals surface area contributed by atoms with Crippen molar-refractivity contribution in [1.82, 2.24) is 5.32 Å². The normalized spacial score (nSPS) is 15.3. The van der Waals surface area contributed by atoms with Crippen LogP contribution in [-0.2, 0) is 14.3 Å². The number of allylic oxidation sites excluding steroid dienone is 1. The third kappa shape index (κ3) is 3.61. The van der Waals surface area contributed by atoms with Gasteiger partial charge in [0.25, 0.3) is 5.91 Å². The lowest BCUT2D eigenvalue weighted by Gasteiger charge is -2.07. The van der Waals surface area contributed by atoms with Crippen LogP contribution in [0, 0.1) is 0 Å². The Balaban J connectivity index is 1.92. The van der Waals surface area contributed by atoms with Crippen LogP contribution >= 0.6 is 0 Å². The van der Waals surface area contributed by atoms with Crippen LogP contribution in [0.5, 0.6) is 11.5 Å². The van der Waals surface area contributed by atoms with Gasteiger partial charge in [0.1, 0.15) is 11.5 Å². The molecule has 0 bridgehead atoms. The van der Waals surface area contributed by atoms with Crippen LogP contribution < -0.4 is 10.1 Å². The van der Waals surface area contributed by atoms with Gasteiger partial charge < -0.3 is 14.8 Å². The van der Waals surface area contributed by atoms with E-state index in [1.165, 1.54) is 7.11 Å². The zero-order valence-electron chi connectivity index (χ0n) is 13.9. The van der Waals surface area contributed by atoms with E-state index < -0.39 is 5.97 Å². The zero-order valence-corrected chi connectivity index (χ0v) is 13.9. The number of carbonyl (C=O) groups is 2. The number of hydrogen-bond donors (Lipinski definition) is 1. The van der Waals surface area contributed by atoms with Crippen molar-refractivity contribution in [2.24, 2.45) is 0 Å². The lowest BCUT2D eigenvalue weighted by molar-refractivity contribution is -0.136. The van der Waals surface area contributed by atoms with Crippen LogP contribution in [0.2, 0.25) is 0 Å². The summed E-state index contributed by atoms with van der Waals surface area (Å²) < 4.78 is 10.6. The summed E-state index contributed by atoms with van der Waals surface area (Å²) >= 11 is 0. The minimum absolute atomic E-state index is 0.252. The van der Waals surface area contributed by atoms with Crippen molar-refractivity contribution < 1.29 is 19.1 Å². The molecule has 0 spiro atoms. The predicted molar refractivity (Wildman–Crippen MR) is 93.8 cm³/mol. The van der Waals surface area contributed by atoms with Gasteiger partial charge in [0, 0.05) is 5.70 Å². The summed E-state index contributed by atoms with van der Waals surface area (Å²) in [5.74, 6) is 0.488. The van der Waals surface area contributed by atoms with Gasteiger partial charge in [-0.15, -0.1) is 0 Å². The molecular formula is C20H17NO4. The van der Waals surface area contributed by atoms with E-state index >= 15 is 0 Å². The van der Waals surface area contributed by atoms with Gasteiger partial charge in [-0.1, -0.05) is 30.3 Å². The molecule has 0 unspecified atom stereocenters. The molecule has 0 aromatic heterocycles. The average Bonchev–Trinajstić information content (AvgIpc) is 2.89. The first-order valence-electron chi connectivity index (χ1n) is 7.74. The smallest absolute Gasteiger partial charge is 0.340 e. The van der Waals surface area contributed by atoms with Gasteiger partial charge >= 0.3 is 5.97 Å². The molecule has 1 aliphatic heterocycles. The van der Waals surface area contributed by atoms with Crippen molar-refractivity contribution >= 4 is 18.0 Å². The van der Waals surface area contributed by atoms with E-state index in [0.29, 0.717) is 11.4 Å². The maximum absolute atomic E-state index is 12.1. The number of benzene rings is 2. The molecule has 2 aromatic rings. The Morgan fingerprint density at radius 1 is 1.04 bits per heavy atom. The van der Waals surface area contributed by atoms with Gasteiger partial charge in [-0.2, -0.15) is 0 Å². The molecule has 1 heterocycles. The molecule has 1 amide bonds. The molecule has 1 aliphatic rings. The SMILES string of the molecule is COC(=O)C1=C(C)NC(=O)/C1=C\c1cccc(Oc2ccccc2)c1. The summed E-state index contributed by atoms with van der Waals surface area (Å²) in [5.41, 5.74) is 1.76. The minimum Gasteiger partial charge on any atom is -0.465 e. The van der Waals surface area contributed by atoms with Gasteiger partial charge in [0.15, 0.2) is 0 Å². The summed E-state index contributed by atoms with van der Waals surface area (Å²) in [5, 5.41) is 2.65. The fourth-order valence-electron chi connectivity index (χ4n) is 2.58. The van der Waals surface area contributed by atoms with E-state index in [0.717, 1.165) is 11.3 Å². The number of rotatable bonds is 4. The molecule has 5 heteroatoms. The van der Waals surface area contributed by atoms with Crippen LogP contribution in [0.4, 0.5) is 0 Å². The van der Waals surface area contributed by atoms with Crippen molar-refractivity contribution in [3.63, 3.8) is 0 Å². The summed E-state index contributed by atoms with van der Waals surface area (Å²) in [4.78, 5) is 24.1. The van der Waals surface area contributed by atoms with E-state index in [1.807, 2.05) is 48.5 Å². The first-order chi connectivity index (χ1) is 12.1. The van der Waals surface area contributed by atoms with Crippen LogP contribution in [0.25, 0.3) is 6.08 Å². The molecule has 126 valence electrons. The fraction of sp³-hybridized carbons (Fsp3) is 0.100. The monoisotopic (exact) mass is 335 g/mol. The number of para-hydroxylation sites is 1. The van der Waals surface area contributed by atoms with Gasteiger partial charge in [0.2, 0.25) is 0 Å². The number of ether oxygens (including phenoxy) is 2. The van der Waals surface area contributed by atoms with Crippen LogP contribution in [0.1, 0.15) is 12.5 Å². The molecule has 0 atom stereocenters. The molecule has 25 heavy (non-hydrogen) atoms. The maximum atomic E-state index is 12.1. The van der Waals surface area contributed by atoms with E-state index in [9.17, 15) is 9.59 Å². The largest absolute Gasteiger partial charge is 0.465 e. The molecule has 0 aliphatic carbocycles. The highest BCUT2D eigenvalue weighted by molar-refractivity contribution is 6.16. The van der Waals surface area contributed by atoms with Gasteiger partial charge in [-0.25, -0.2) is 4.79 Å². The van der Waals surface area contributed by atoms with E-state index in [-0.39, 0.29) is 17.1 Å². The first-order valence-corrected chi connectivity index (χ1v) is 7.74. The van der Waals surface area contributed by atoms with Crippen molar-refractivity contribution in [3.05, 3.63) is 77.0 Å². The van der Waals surface area contributed by atoms with Gasteiger partial charge in [0.05, 0.1) is 18.3 Å². The molecule has 1 N–H and O–H groups in total. The Morgan fingerprint density at radius 3 is 2.48 bits per heavy atom. The summed E-state index contributed by atoms with van der Waals surface area (Å²) in [6.07, 6.45) is 1.65.